The van der Waals surface area contributed by atoms with Gasteiger partial charge in [-0.3, -0.25) is 5.10 Å². The normalized spacial score (nSPS) is 14.4. The highest BCUT2D eigenvalue weighted by Crippen LogP contribution is 2.27. The molecule has 0 unspecified atom stereocenters. The topological polar surface area (TPSA) is 78.4 Å². The Morgan fingerprint density at radius 2 is 2.14 bits per heavy atom. The standard InChI is InChI=1S/C21H20N6O/c1-4-9-27-13-19(15-5-6-16-12-23-26-18(16)10-15)25-21(14(27)2)24-17-7-8-22-20(11-17)28-3/h4-13H,2H2,1,3H3,(H,23,26)(H,22,24,25)/b9-4-. The molecule has 3 aromatic rings. The smallest absolute Gasteiger partial charge is 0.214 e. The molecule has 28 heavy (non-hydrogen) atoms. The van der Waals surface area contributed by atoms with Gasteiger partial charge in [-0.15, -0.1) is 0 Å². The quantitative estimate of drug-likeness (QED) is 0.720. The summed E-state index contributed by atoms with van der Waals surface area (Å²) in [5, 5.41) is 11.5. The van der Waals surface area contributed by atoms with Crippen LogP contribution in [0, 0.1) is 0 Å². The number of rotatable bonds is 4. The Morgan fingerprint density at radius 1 is 1.25 bits per heavy atom. The molecule has 1 aliphatic heterocycles. The molecule has 0 saturated heterocycles. The molecule has 0 saturated carbocycles. The van der Waals surface area contributed by atoms with Gasteiger partial charge in [0.1, 0.15) is 0 Å². The summed E-state index contributed by atoms with van der Waals surface area (Å²) >= 11 is 0. The maximum atomic E-state index is 5.20. The predicted molar refractivity (Wildman–Crippen MR) is 112 cm³/mol. The molecule has 2 aromatic heterocycles. The Hall–Kier alpha value is -3.87. The van der Waals surface area contributed by atoms with Crippen LogP contribution in [0.1, 0.15) is 12.5 Å². The van der Waals surface area contributed by atoms with Crippen molar-refractivity contribution in [1.82, 2.24) is 20.1 Å². The zero-order chi connectivity index (χ0) is 19.5. The Kier molecular flexibility index (Phi) is 4.63. The third-order valence-corrected chi connectivity index (χ3v) is 4.33. The van der Waals surface area contributed by atoms with E-state index in [0.29, 0.717) is 11.7 Å². The van der Waals surface area contributed by atoms with Crippen LogP contribution in [0.25, 0.3) is 16.6 Å². The third-order valence-electron chi connectivity index (χ3n) is 4.33. The highest BCUT2D eigenvalue weighted by molar-refractivity contribution is 6.10. The van der Waals surface area contributed by atoms with Crippen LogP contribution in [0.15, 0.2) is 78.5 Å². The van der Waals surface area contributed by atoms with Crippen molar-refractivity contribution >= 4 is 28.1 Å². The monoisotopic (exact) mass is 372 g/mol. The van der Waals surface area contributed by atoms with Crippen molar-refractivity contribution in [3.05, 3.63) is 79.0 Å². The van der Waals surface area contributed by atoms with E-state index >= 15 is 0 Å². The Morgan fingerprint density at radius 3 is 2.96 bits per heavy atom. The van der Waals surface area contributed by atoms with Crippen LogP contribution in [-0.2, 0) is 0 Å². The molecule has 1 aliphatic rings. The van der Waals surface area contributed by atoms with Crippen molar-refractivity contribution < 1.29 is 4.74 Å². The van der Waals surface area contributed by atoms with Crippen LogP contribution in [0.5, 0.6) is 5.88 Å². The fourth-order valence-corrected chi connectivity index (χ4v) is 2.91. The highest BCUT2D eigenvalue weighted by atomic mass is 16.5. The number of hydrogen-bond donors (Lipinski definition) is 2. The van der Waals surface area contributed by atoms with E-state index in [4.69, 9.17) is 9.73 Å². The number of benzene rings is 1. The molecule has 0 amide bonds. The number of aromatic amines is 1. The molecule has 2 N–H and O–H groups in total. The number of amidine groups is 1. The fraction of sp³-hybridized carbons (Fsp3) is 0.0952. The van der Waals surface area contributed by atoms with Crippen molar-refractivity contribution in [3.63, 3.8) is 0 Å². The first-order valence-corrected chi connectivity index (χ1v) is 8.79. The Labute approximate surface area is 162 Å². The summed E-state index contributed by atoms with van der Waals surface area (Å²) in [6.45, 7) is 6.14. The summed E-state index contributed by atoms with van der Waals surface area (Å²) in [7, 11) is 1.59. The number of ether oxygens (including phenoxy) is 1. The number of H-pyrrole nitrogens is 1. The van der Waals surface area contributed by atoms with Crippen molar-refractivity contribution in [2.45, 2.75) is 6.92 Å². The van der Waals surface area contributed by atoms with Gasteiger partial charge in [-0.05, 0) is 19.1 Å². The number of methoxy groups -OCH3 is 1. The van der Waals surface area contributed by atoms with Crippen LogP contribution in [-0.4, -0.2) is 33.0 Å². The molecule has 0 spiro atoms. The first kappa shape index (κ1) is 17.5. The van der Waals surface area contributed by atoms with Crippen molar-refractivity contribution in [3.8, 4) is 5.88 Å². The number of aromatic nitrogens is 3. The van der Waals surface area contributed by atoms with Gasteiger partial charge < -0.3 is 15.0 Å². The summed E-state index contributed by atoms with van der Waals surface area (Å²) < 4.78 is 5.20. The number of allylic oxidation sites excluding steroid dienone is 1. The number of anilines is 1. The summed E-state index contributed by atoms with van der Waals surface area (Å²) in [4.78, 5) is 10.9. The second-order valence-electron chi connectivity index (χ2n) is 6.20. The minimum absolute atomic E-state index is 0.526. The van der Waals surface area contributed by atoms with E-state index in [-0.39, 0.29) is 0 Å². The molecule has 7 nitrogen and oxygen atoms in total. The number of nitrogens with one attached hydrogen (secondary N) is 2. The maximum absolute atomic E-state index is 5.20. The van der Waals surface area contributed by atoms with Crippen LogP contribution < -0.4 is 10.1 Å². The van der Waals surface area contributed by atoms with Gasteiger partial charge in [0.2, 0.25) is 5.88 Å². The first-order chi connectivity index (χ1) is 13.7. The number of pyridine rings is 1. The molecule has 0 fully saturated rings. The minimum Gasteiger partial charge on any atom is -0.481 e. The van der Waals surface area contributed by atoms with Gasteiger partial charge >= 0.3 is 0 Å². The van der Waals surface area contributed by atoms with Crippen LogP contribution in [0.3, 0.4) is 0 Å². The average Bonchev–Trinajstić information content (AvgIpc) is 3.19. The van der Waals surface area contributed by atoms with Gasteiger partial charge in [0, 0.05) is 41.3 Å². The van der Waals surface area contributed by atoms with E-state index in [1.165, 1.54) is 0 Å². The highest BCUT2D eigenvalue weighted by Gasteiger charge is 2.19. The molecule has 140 valence electrons. The minimum atomic E-state index is 0.526. The lowest BCUT2D eigenvalue weighted by atomic mass is 10.1. The van der Waals surface area contributed by atoms with Gasteiger partial charge in [-0.1, -0.05) is 24.8 Å². The third kappa shape index (κ3) is 3.37. The van der Waals surface area contributed by atoms with Crippen LogP contribution >= 0.6 is 0 Å². The summed E-state index contributed by atoms with van der Waals surface area (Å²) in [5.74, 6) is 1.17. The molecule has 4 rings (SSSR count). The lowest BCUT2D eigenvalue weighted by Gasteiger charge is -2.26. The predicted octanol–water partition coefficient (Wildman–Crippen LogP) is 4.14. The molecule has 0 radical (unpaired) electrons. The molecular formula is C21H20N6O. The molecule has 3 heterocycles. The van der Waals surface area contributed by atoms with Crippen LogP contribution in [0.4, 0.5) is 5.69 Å². The van der Waals surface area contributed by atoms with Crippen molar-refractivity contribution in [2.24, 2.45) is 4.99 Å². The second kappa shape index (κ2) is 7.40. The molecular weight excluding hydrogens is 352 g/mol. The van der Waals surface area contributed by atoms with E-state index < -0.39 is 0 Å². The lowest BCUT2D eigenvalue weighted by molar-refractivity contribution is 0.398. The van der Waals surface area contributed by atoms with Gasteiger partial charge in [0.05, 0.1) is 30.2 Å². The Bertz CT molecular complexity index is 1120. The van der Waals surface area contributed by atoms with Gasteiger partial charge in [-0.2, -0.15) is 5.10 Å². The summed E-state index contributed by atoms with van der Waals surface area (Å²) in [6, 6.07) is 9.75. The van der Waals surface area contributed by atoms with Crippen molar-refractivity contribution in [2.75, 3.05) is 12.4 Å². The van der Waals surface area contributed by atoms with E-state index in [0.717, 1.165) is 33.5 Å². The SMILES string of the molecule is C=C1C(Nc2ccnc(OC)c2)=NC(c2ccc3cn[nH]c3c2)=CN1/C=C\C. The number of fused-ring (bicyclic) bond motifs is 1. The lowest BCUT2D eigenvalue weighted by Crippen LogP contribution is -2.26. The first-order valence-electron chi connectivity index (χ1n) is 8.79. The molecule has 7 heteroatoms. The largest absolute Gasteiger partial charge is 0.481 e. The molecule has 0 atom stereocenters. The second-order valence-corrected chi connectivity index (χ2v) is 6.20. The van der Waals surface area contributed by atoms with E-state index in [2.05, 4.69) is 27.1 Å². The maximum Gasteiger partial charge on any atom is 0.214 e. The van der Waals surface area contributed by atoms with Gasteiger partial charge in [0.25, 0.3) is 0 Å². The van der Waals surface area contributed by atoms with Crippen LogP contribution in [0.2, 0.25) is 0 Å². The zero-order valence-corrected chi connectivity index (χ0v) is 15.7. The molecule has 1 aromatic carbocycles. The van der Waals surface area contributed by atoms with Crippen molar-refractivity contribution in [1.29, 1.82) is 0 Å². The fourth-order valence-electron chi connectivity index (χ4n) is 2.91. The summed E-state index contributed by atoms with van der Waals surface area (Å²) in [5.41, 5.74) is 4.30. The summed E-state index contributed by atoms with van der Waals surface area (Å²) in [6.07, 6.45) is 9.34. The van der Waals surface area contributed by atoms with Gasteiger partial charge in [-0.25, -0.2) is 9.98 Å². The molecule has 0 aliphatic carbocycles. The van der Waals surface area contributed by atoms with E-state index in [9.17, 15) is 0 Å². The Balaban J connectivity index is 1.73. The zero-order valence-electron chi connectivity index (χ0n) is 15.7. The van der Waals surface area contributed by atoms with E-state index in [1.54, 1.807) is 19.5 Å². The number of nitrogens with zero attached hydrogens (tertiary/aromatic N) is 4. The molecule has 0 bridgehead atoms. The van der Waals surface area contributed by atoms with Gasteiger partial charge in [0.15, 0.2) is 5.84 Å². The number of aliphatic imine (C=N–C) groups is 1. The average molecular weight is 372 g/mol. The number of hydrogen-bond acceptors (Lipinski definition) is 6. The van der Waals surface area contributed by atoms with E-state index in [1.807, 2.05) is 60.6 Å².